The summed E-state index contributed by atoms with van der Waals surface area (Å²) in [6.07, 6.45) is 2.77. The Morgan fingerprint density at radius 2 is 1.80 bits per heavy atom. The predicted octanol–water partition coefficient (Wildman–Crippen LogP) is 2.48. The molecule has 8 heteroatoms. The number of nitrogens with two attached hydrogens (primary N) is 1. The van der Waals surface area contributed by atoms with Crippen molar-refractivity contribution >= 4 is 22.8 Å². The number of pyridine rings is 2. The van der Waals surface area contributed by atoms with E-state index in [1.54, 1.807) is 24.4 Å². The second kappa shape index (κ2) is 7.91. The Balaban J connectivity index is 0.000000196. The Labute approximate surface area is 141 Å². The maximum absolute atomic E-state index is 12.9. The number of aromatic nitrogens is 2. The molecule has 2 aromatic heterocycles. The summed E-state index contributed by atoms with van der Waals surface area (Å²) in [6, 6.07) is 8.39. The number of rotatable bonds is 2. The molecule has 0 saturated carbocycles. The molecule has 3 rings (SSSR count). The zero-order valence-corrected chi connectivity index (χ0v) is 13.1. The third kappa shape index (κ3) is 4.54. The summed E-state index contributed by atoms with van der Waals surface area (Å²) in [5.74, 6) is -3.01. The zero-order chi connectivity index (χ0) is 18.4. The molecule has 25 heavy (non-hydrogen) atoms. The maximum atomic E-state index is 12.9. The van der Waals surface area contributed by atoms with E-state index in [-0.39, 0.29) is 11.1 Å². The zero-order valence-electron chi connectivity index (χ0n) is 13.1. The van der Waals surface area contributed by atoms with Crippen molar-refractivity contribution in [2.75, 3.05) is 7.11 Å². The molecule has 6 nitrogen and oxygen atoms in total. The Kier molecular flexibility index (Phi) is 5.67. The van der Waals surface area contributed by atoms with Gasteiger partial charge in [-0.3, -0.25) is 9.78 Å². The van der Waals surface area contributed by atoms with Crippen LogP contribution in [0.2, 0.25) is 0 Å². The number of primary amides is 1. The summed E-state index contributed by atoms with van der Waals surface area (Å²) in [5.41, 5.74) is 5.80. The Hall–Kier alpha value is -3.42. The molecule has 2 N–H and O–H groups in total. The summed E-state index contributed by atoms with van der Waals surface area (Å²) in [5, 5.41) is 0.338. The molecule has 2 heterocycles. The predicted molar refractivity (Wildman–Crippen MR) is 85.8 cm³/mol. The van der Waals surface area contributed by atoms with Crippen molar-refractivity contribution in [2.45, 2.75) is 0 Å². The van der Waals surface area contributed by atoms with Gasteiger partial charge >= 0.3 is 5.97 Å². The van der Waals surface area contributed by atoms with Gasteiger partial charge in [-0.1, -0.05) is 6.07 Å². The number of esters is 1. The van der Waals surface area contributed by atoms with Crippen LogP contribution >= 0.6 is 0 Å². The molecule has 0 radical (unpaired) electrons. The highest BCUT2D eigenvalue weighted by Gasteiger charge is 2.07. The third-order valence-electron chi connectivity index (χ3n) is 3.07. The van der Waals surface area contributed by atoms with E-state index >= 15 is 0 Å². The lowest BCUT2D eigenvalue weighted by molar-refractivity contribution is 0.0594. The van der Waals surface area contributed by atoms with Crippen LogP contribution in [0, 0.1) is 11.6 Å². The van der Waals surface area contributed by atoms with Gasteiger partial charge in [0.1, 0.15) is 5.69 Å². The molecule has 1 aromatic carbocycles. The number of amides is 1. The van der Waals surface area contributed by atoms with Crippen molar-refractivity contribution in [3.8, 4) is 0 Å². The highest BCUT2D eigenvalue weighted by molar-refractivity contribution is 5.96. The molecule has 0 aliphatic carbocycles. The SMILES string of the molecule is COC(=O)c1ccccn1.NC(=O)c1cnc2cc(F)c(F)cc2c1. The fraction of sp³-hybridized carbons (Fsp3) is 0.0588. The minimum Gasteiger partial charge on any atom is -0.464 e. The van der Waals surface area contributed by atoms with Gasteiger partial charge in [0.25, 0.3) is 0 Å². The van der Waals surface area contributed by atoms with Crippen LogP contribution < -0.4 is 5.73 Å². The molecular weight excluding hydrogens is 332 g/mol. The molecule has 128 valence electrons. The summed E-state index contributed by atoms with van der Waals surface area (Å²) in [4.78, 5) is 29.1. The van der Waals surface area contributed by atoms with Gasteiger partial charge in [0.15, 0.2) is 11.6 Å². The topological polar surface area (TPSA) is 95.2 Å². The van der Waals surface area contributed by atoms with Crippen molar-refractivity contribution in [3.63, 3.8) is 0 Å². The number of hydrogen-bond acceptors (Lipinski definition) is 5. The maximum Gasteiger partial charge on any atom is 0.356 e. The summed E-state index contributed by atoms with van der Waals surface area (Å²) in [6.45, 7) is 0. The molecule has 1 amide bonds. The fourth-order valence-corrected chi connectivity index (χ4v) is 1.85. The van der Waals surface area contributed by atoms with Crippen molar-refractivity contribution in [2.24, 2.45) is 5.73 Å². The summed E-state index contributed by atoms with van der Waals surface area (Å²) in [7, 11) is 1.33. The molecule has 0 atom stereocenters. The van der Waals surface area contributed by atoms with Gasteiger partial charge in [-0.05, 0) is 24.3 Å². The summed E-state index contributed by atoms with van der Waals surface area (Å²) >= 11 is 0. The van der Waals surface area contributed by atoms with Gasteiger partial charge in [-0.25, -0.2) is 18.6 Å². The lowest BCUT2D eigenvalue weighted by Gasteiger charge is -2.00. The van der Waals surface area contributed by atoms with Crippen molar-refractivity contribution in [3.05, 3.63) is 71.7 Å². The number of halogens is 2. The molecule has 0 unspecified atom stereocenters. The number of carbonyl (C=O) groups excluding carboxylic acids is 2. The van der Waals surface area contributed by atoms with Crippen LogP contribution in [0.1, 0.15) is 20.8 Å². The lowest BCUT2D eigenvalue weighted by atomic mass is 10.1. The average Bonchev–Trinajstić information content (AvgIpc) is 2.63. The number of ether oxygens (including phenoxy) is 1. The number of fused-ring (bicyclic) bond motifs is 1. The number of methoxy groups -OCH3 is 1. The number of hydrogen-bond donors (Lipinski definition) is 1. The first-order valence-electron chi connectivity index (χ1n) is 6.96. The van der Waals surface area contributed by atoms with E-state index in [0.717, 1.165) is 12.1 Å². The van der Waals surface area contributed by atoms with E-state index < -0.39 is 23.5 Å². The van der Waals surface area contributed by atoms with Gasteiger partial charge < -0.3 is 10.5 Å². The minimum atomic E-state index is -0.981. The van der Waals surface area contributed by atoms with Crippen LogP contribution in [-0.2, 0) is 4.74 Å². The normalized spacial score (nSPS) is 9.88. The first-order valence-corrected chi connectivity index (χ1v) is 6.96. The van der Waals surface area contributed by atoms with Crippen molar-refractivity contribution in [1.29, 1.82) is 0 Å². The number of carbonyl (C=O) groups is 2. The molecule has 0 spiro atoms. The van der Waals surface area contributed by atoms with Gasteiger partial charge in [-0.15, -0.1) is 0 Å². The van der Waals surface area contributed by atoms with Crippen molar-refractivity contribution in [1.82, 2.24) is 9.97 Å². The van der Waals surface area contributed by atoms with E-state index in [1.165, 1.54) is 19.4 Å². The van der Waals surface area contributed by atoms with E-state index in [2.05, 4.69) is 14.7 Å². The summed E-state index contributed by atoms with van der Waals surface area (Å²) < 4.78 is 30.1. The van der Waals surface area contributed by atoms with Gasteiger partial charge in [0, 0.05) is 23.8 Å². The van der Waals surface area contributed by atoms with Gasteiger partial charge in [-0.2, -0.15) is 0 Å². The molecule has 3 aromatic rings. The van der Waals surface area contributed by atoms with Gasteiger partial charge in [0.2, 0.25) is 5.91 Å². The van der Waals surface area contributed by atoms with Crippen LogP contribution in [0.4, 0.5) is 8.78 Å². The highest BCUT2D eigenvalue weighted by atomic mass is 19.2. The van der Waals surface area contributed by atoms with E-state index in [1.807, 2.05) is 0 Å². The standard InChI is InChI=1S/C10H6F2N2O.C7H7NO2/c11-7-2-5-1-6(10(13)15)4-14-9(5)3-8(7)12;1-10-7(9)6-4-2-3-5-8-6/h1-4H,(H2,13,15);2-5H,1H3. The van der Waals surface area contributed by atoms with Crippen molar-refractivity contribution < 1.29 is 23.1 Å². The van der Waals surface area contributed by atoms with Crippen LogP contribution in [0.25, 0.3) is 10.9 Å². The molecule has 0 bridgehead atoms. The molecular formula is C17H13F2N3O3. The molecule has 0 aliphatic rings. The monoisotopic (exact) mass is 345 g/mol. The number of benzene rings is 1. The molecule has 0 aliphatic heterocycles. The first kappa shape index (κ1) is 17.9. The van der Waals surface area contributed by atoms with E-state index in [0.29, 0.717) is 11.1 Å². The Bertz CT molecular complexity index is 918. The smallest absolute Gasteiger partial charge is 0.356 e. The van der Waals surface area contributed by atoms with E-state index in [9.17, 15) is 18.4 Å². The van der Waals surface area contributed by atoms with Crippen LogP contribution in [0.5, 0.6) is 0 Å². The van der Waals surface area contributed by atoms with Gasteiger partial charge in [0.05, 0.1) is 18.2 Å². The Morgan fingerprint density at radius 1 is 1.08 bits per heavy atom. The molecule has 0 saturated heterocycles. The highest BCUT2D eigenvalue weighted by Crippen LogP contribution is 2.17. The average molecular weight is 345 g/mol. The largest absolute Gasteiger partial charge is 0.464 e. The quantitative estimate of drug-likeness (QED) is 0.720. The van der Waals surface area contributed by atoms with Crippen LogP contribution in [0.15, 0.2) is 48.8 Å². The first-order chi connectivity index (χ1) is 11.9. The number of nitrogens with zero attached hydrogens (tertiary/aromatic N) is 2. The van der Waals surface area contributed by atoms with Crippen LogP contribution in [0.3, 0.4) is 0 Å². The Morgan fingerprint density at radius 3 is 2.40 bits per heavy atom. The third-order valence-corrected chi connectivity index (χ3v) is 3.07. The fourth-order valence-electron chi connectivity index (χ4n) is 1.85. The van der Waals surface area contributed by atoms with E-state index in [4.69, 9.17) is 5.73 Å². The molecule has 0 fully saturated rings. The second-order valence-electron chi connectivity index (χ2n) is 4.75. The lowest BCUT2D eigenvalue weighted by Crippen LogP contribution is -2.11. The second-order valence-corrected chi connectivity index (χ2v) is 4.75. The van der Waals surface area contributed by atoms with Crippen LogP contribution in [-0.4, -0.2) is 29.0 Å². The minimum absolute atomic E-state index is 0.161.